The number of amidine groups is 1. The van der Waals surface area contributed by atoms with Gasteiger partial charge in [0.2, 0.25) is 0 Å². The van der Waals surface area contributed by atoms with Gasteiger partial charge >= 0.3 is 0 Å². The van der Waals surface area contributed by atoms with Crippen LogP contribution in [0.3, 0.4) is 0 Å². The highest BCUT2D eigenvalue weighted by molar-refractivity contribution is 6.09. The molecule has 0 unspecified atom stereocenters. The van der Waals surface area contributed by atoms with Crippen LogP contribution in [0.5, 0.6) is 0 Å². The average molecular weight is 390 g/mol. The van der Waals surface area contributed by atoms with E-state index in [1.807, 2.05) is 53.4 Å². The van der Waals surface area contributed by atoms with Crippen molar-refractivity contribution in [3.05, 3.63) is 59.8 Å². The molecule has 1 aromatic heterocycles. The van der Waals surface area contributed by atoms with Crippen LogP contribution in [0, 0.1) is 0 Å². The number of para-hydroxylation sites is 1. The molecule has 3 N–H and O–H groups in total. The number of H-pyrrole nitrogens is 1. The Morgan fingerprint density at radius 3 is 2.62 bits per heavy atom. The molecule has 1 aliphatic heterocycles. The highest BCUT2D eigenvalue weighted by Gasteiger charge is 2.22. The topological polar surface area (TPSA) is 90.6 Å². The number of nitrogens with zero attached hydrogens (tertiary/aromatic N) is 4. The normalized spacial score (nSPS) is 15.8. The molecule has 1 amide bonds. The van der Waals surface area contributed by atoms with Crippen molar-refractivity contribution < 1.29 is 4.79 Å². The summed E-state index contributed by atoms with van der Waals surface area (Å²) in [5.74, 6) is 0.369. The third-order valence-corrected chi connectivity index (χ3v) is 5.26. The Kier molecular flexibility index (Phi) is 5.57. The van der Waals surface area contributed by atoms with Crippen LogP contribution in [0.25, 0.3) is 10.9 Å². The summed E-state index contributed by atoms with van der Waals surface area (Å²) < 4.78 is 0. The molecule has 4 rings (SSSR count). The second kappa shape index (κ2) is 8.45. The van der Waals surface area contributed by atoms with Crippen LogP contribution in [0.2, 0.25) is 0 Å². The van der Waals surface area contributed by atoms with E-state index in [1.54, 1.807) is 0 Å². The summed E-state index contributed by atoms with van der Waals surface area (Å²) in [4.78, 5) is 21.8. The monoisotopic (exact) mass is 390 g/mol. The van der Waals surface area contributed by atoms with Crippen LogP contribution < -0.4 is 5.73 Å². The lowest BCUT2D eigenvalue weighted by Crippen LogP contribution is -2.48. The van der Waals surface area contributed by atoms with E-state index >= 15 is 0 Å². The molecule has 0 atom stereocenters. The lowest BCUT2D eigenvalue weighted by atomic mass is 10.1. The molecule has 0 bridgehead atoms. The number of aromatic nitrogens is 2. The fourth-order valence-electron chi connectivity index (χ4n) is 3.71. The Hall–Kier alpha value is -3.19. The smallest absolute Gasteiger partial charge is 0.253 e. The quantitative estimate of drug-likeness (QED) is 0.518. The molecule has 2 heterocycles. The number of carbonyl (C=O) groups excluding carboxylic acids is 1. The molecule has 1 fully saturated rings. The second-order valence-corrected chi connectivity index (χ2v) is 7.30. The third-order valence-electron chi connectivity index (χ3n) is 5.26. The van der Waals surface area contributed by atoms with Crippen LogP contribution in [0.4, 0.5) is 5.69 Å². The molecule has 0 radical (unpaired) electrons. The summed E-state index contributed by atoms with van der Waals surface area (Å²) in [5.41, 5.74) is 9.02. The molecule has 0 saturated carbocycles. The molecule has 0 aliphatic carbocycles. The number of piperazine rings is 1. The van der Waals surface area contributed by atoms with Crippen LogP contribution in [0.1, 0.15) is 29.4 Å². The van der Waals surface area contributed by atoms with Gasteiger partial charge in [-0.25, -0.2) is 4.99 Å². The Morgan fingerprint density at radius 1 is 1.14 bits per heavy atom. The number of aliphatic imine (C=N–C) groups is 1. The van der Waals surface area contributed by atoms with Crippen molar-refractivity contribution in [1.82, 2.24) is 20.0 Å². The summed E-state index contributed by atoms with van der Waals surface area (Å²) >= 11 is 0. The SMILES string of the molecule is CCCN1CCN(C(=O)c2ccc3[nH]nc(C(N)=Nc4ccccc4)c3c2)CC1. The fraction of sp³-hybridized carbons (Fsp3) is 0.318. The van der Waals surface area contributed by atoms with Crippen LogP contribution in [-0.2, 0) is 0 Å². The Bertz CT molecular complexity index is 1020. The van der Waals surface area contributed by atoms with E-state index in [1.165, 1.54) is 0 Å². The van der Waals surface area contributed by atoms with Gasteiger partial charge in [0.05, 0.1) is 11.2 Å². The average Bonchev–Trinajstić information content (AvgIpc) is 3.18. The fourth-order valence-corrected chi connectivity index (χ4v) is 3.71. The van der Waals surface area contributed by atoms with E-state index in [0.29, 0.717) is 17.1 Å². The molecule has 1 aliphatic rings. The summed E-state index contributed by atoms with van der Waals surface area (Å²) in [6.07, 6.45) is 1.14. The summed E-state index contributed by atoms with van der Waals surface area (Å²) in [6, 6.07) is 15.1. The number of nitrogens with one attached hydrogen (secondary N) is 1. The van der Waals surface area contributed by atoms with E-state index in [4.69, 9.17) is 5.73 Å². The van der Waals surface area contributed by atoms with Crippen molar-refractivity contribution in [1.29, 1.82) is 0 Å². The van der Waals surface area contributed by atoms with Crippen LogP contribution in [0.15, 0.2) is 53.5 Å². The lowest BCUT2D eigenvalue weighted by molar-refractivity contribution is 0.0637. The molecule has 150 valence electrons. The number of carbonyl (C=O) groups is 1. The van der Waals surface area contributed by atoms with Gasteiger partial charge in [-0.1, -0.05) is 25.1 Å². The summed E-state index contributed by atoms with van der Waals surface area (Å²) in [6.45, 7) is 6.64. The van der Waals surface area contributed by atoms with E-state index in [9.17, 15) is 4.79 Å². The number of hydrogen-bond donors (Lipinski definition) is 2. The van der Waals surface area contributed by atoms with E-state index < -0.39 is 0 Å². The van der Waals surface area contributed by atoms with Gasteiger partial charge in [-0.15, -0.1) is 0 Å². The minimum Gasteiger partial charge on any atom is -0.382 e. The number of nitrogens with two attached hydrogens (primary N) is 1. The van der Waals surface area contributed by atoms with Crippen molar-refractivity contribution in [3.63, 3.8) is 0 Å². The predicted molar refractivity (Wildman–Crippen MR) is 116 cm³/mol. The third kappa shape index (κ3) is 4.14. The predicted octanol–water partition coefficient (Wildman–Crippen LogP) is 2.77. The molecule has 1 saturated heterocycles. The molecule has 29 heavy (non-hydrogen) atoms. The number of aromatic amines is 1. The van der Waals surface area contributed by atoms with E-state index in [0.717, 1.165) is 55.7 Å². The zero-order valence-electron chi connectivity index (χ0n) is 16.6. The van der Waals surface area contributed by atoms with Crippen molar-refractivity contribution in [2.75, 3.05) is 32.7 Å². The number of hydrogen-bond acceptors (Lipinski definition) is 4. The minimum atomic E-state index is 0.0498. The minimum absolute atomic E-state index is 0.0498. The van der Waals surface area contributed by atoms with Gasteiger partial charge < -0.3 is 10.6 Å². The van der Waals surface area contributed by atoms with Crippen molar-refractivity contribution in [3.8, 4) is 0 Å². The maximum absolute atomic E-state index is 13.0. The molecule has 3 aromatic rings. The summed E-state index contributed by atoms with van der Waals surface area (Å²) in [5, 5.41) is 8.10. The van der Waals surface area contributed by atoms with E-state index in [2.05, 4.69) is 27.0 Å². The van der Waals surface area contributed by atoms with Gasteiger partial charge in [0.1, 0.15) is 5.69 Å². The maximum Gasteiger partial charge on any atom is 0.253 e. The molecule has 7 nitrogen and oxygen atoms in total. The first-order valence-corrected chi connectivity index (χ1v) is 10.0. The van der Waals surface area contributed by atoms with Gasteiger partial charge in [0.15, 0.2) is 5.84 Å². The zero-order valence-corrected chi connectivity index (χ0v) is 16.6. The largest absolute Gasteiger partial charge is 0.382 e. The maximum atomic E-state index is 13.0. The first kappa shape index (κ1) is 19.1. The van der Waals surface area contributed by atoms with Crippen LogP contribution >= 0.6 is 0 Å². The Balaban J connectivity index is 1.57. The Morgan fingerprint density at radius 2 is 1.90 bits per heavy atom. The highest BCUT2D eigenvalue weighted by Crippen LogP contribution is 2.21. The lowest BCUT2D eigenvalue weighted by Gasteiger charge is -2.34. The van der Waals surface area contributed by atoms with Gasteiger partial charge in [-0.2, -0.15) is 5.10 Å². The number of rotatable bonds is 5. The number of benzene rings is 2. The van der Waals surface area contributed by atoms with Crippen molar-refractivity contribution in [2.45, 2.75) is 13.3 Å². The zero-order chi connectivity index (χ0) is 20.2. The van der Waals surface area contributed by atoms with E-state index in [-0.39, 0.29) is 5.91 Å². The molecular weight excluding hydrogens is 364 g/mol. The molecular formula is C22H26N6O. The molecule has 0 spiro atoms. The van der Waals surface area contributed by atoms with Crippen molar-refractivity contribution >= 4 is 28.3 Å². The van der Waals surface area contributed by atoms with Gasteiger partial charge in [-0.05, 0) is 43.3 Å². The standard InChI is InChI=1S/C22H26N6O/c1-2-10-27-11-13-28(14-12-27)22(29)16-8-9-19-18(15-16)20(26-25-19)21(23)24-17-6-4-3-5-7-17/h3-9,15H,2,10-14H2,1H3,(H2,23,24)(H,25,26). The van der Waals surface area contributed by atoms with Crippen molar-refractivity contribution in [2.24, 2.45) is 10.7 Å². The molecule has 7 heteroatoms. The second-order valence-electron chi connectivity index (χ2n) is 7.30. The summed E-state index contributed by atoms with van der Waals surface area (Å²) in [7, 11) is 0. The van der Waals surface area contributed by atoms with Crippen LogP contribution in [-0.4, -0.2) is 64.5 Å². The highest BCUT2D eigenvalue weighted by atomic mass is 16.2. The van der Waals surface area contributed by atoms with Gasteiger partial charge in [0, 0.05) is 37.1 Å². The first-order valence-electron chi connectivity index (χ1n) is 10.0. The molecule has 2 aromatic carbocycles. The van der Waals surface area contributed by atoms with Gasteiger partial charge in [-0.3, -0.25) is 14.8 Å². The number of fused-ring (bicyclic) bond motifs is 1. The Labute approximate surface area is 170 Å². The first-order chi connectivity index (χ1) is 14.2. The van der Waals surface area contributed by atoms with Gasteiger partial charge in [0.25, 0.3) is 5.91 Å². The number of amides is 1.